The van der Waals surface area contributed by atoms with Crippen LogP contribution in [0.2, 0.25) is 0 Å². The first kappa shape index (κ1) is 11.0. The van der Waals surface area contributed by atoms with Crippen molar-refractivity contribution in [2.75, 3.05) is 11.9 Å². The minimum absolute atomic E-state index is 0.0197. The molecule has 0 amide bonds. The van der Waals surface area contributed by atoms with Crippen molar-refractivity contribution in [3.05, 3.63) is 28.3 Å². The van der Waals surface area contributed by atoms with Crippen LogP contribution in [0, 0.1) is 10.1 Å². The summed E-state index contributed by atoms with van der Waals surface area (Å²) in [7, 11) is 0. The SMILES string of the molecule is O=[N+]([O-])c1ccc2oc(NC3(CO)CC3)nc2c1. The minimum Gasteiger partial charge on any atom is -0.424 e. The Balaban J connectivity index is 1.93. The Bertz CT molecular complexity index is 618. The molecule has 0 spiro atoms. The molecule has 0 atom stereocenters. The van der Waals surface area contributed by atoms with Crippen LogP contribution in [0.5, 0.6) is 0 Å². The van der Waals surface area contributed by atoms with E-state index in [-0.39, 0.29) is 23.8 Å². The van der Waals surface area contributed by atoms with Crippen LogP contribution < -0.4 is 5.32 Å². The molecule has 3 rings (SSSR count). The van der Waals surface area contributed by atoms with Gasteiger partial charge in [0.25, 0.3) is 11.7 Å². The van der Waals surface area contributed by atoms with Crippen LogP contribution in [0.3, 0.4) is 0 Å². The number of nitro groups is 1. The molecule has 7 nitrogen and oxygen atoms in total. The van der Waals surface area contributed by atoms with Crippen LogP contribution in [0.4, 0.5) is 11.7 Å². The number of aliphatic hydroxyl groups excluding tert-OH is 1. The van der Waals surface area contributed by atoms with E-state index in [0.717, 1.165) is 12.8 Å². The first-order valence-corrected chi connectivity index (χ1v) is 5.56. The summed E-state index contributed by atoms with van der Waals surface area (Å²) in [5.41, 5.74) is 0.565. The fourth-order valence-corrected chi connectivity index (χ4v) is 1.78. The highest BCUT2D eigenvalue weighted by atomic mass is 16.6. The Labute approximate surface area is 102 Å². The predicted octanol–water partition coefficient (Wildman–Crippen LogP) is 1.67. The number of nitrogens with one attached hydrogen (secondary N) is 1. The lowest BCUT2D eigenvalue weighted by Crippen LogP contribution is -2.25. The molecule has 2 aromatic rings. The molecule has 1 heterocycles. The fourth-order valence-electron chi connectivity index (χ4n) is 1.78. The molecule has 1 saturated carbocycles. The highest BCUT2D eigenvalue weighted by molar-refractivity contribution is 5.77. The molecule has 0 radical (unpaired) electrons. The van der Waals surface area contributed by atoms with E-state index in [1.54, 1.807) is 0 Å². The van der Waals surface area contributed by atoms with E-state index in [1.165, 1.54) is 18.2 Å². The molecule has 1 aromatic carbocycles. The van der Waals surface area contributed by atoms with Crippen LogP contribution in [0.25, 0.3) is 11.1 Å². The number of benzene rings is 1. The molecule has 2 N–H and O–H groups in total. The molecule has 7 heteroatoms. The monoisotopic (exact) mass is 249 g/mol. The number of aromatic nitrogens is 1. The second-order valence-corrected chi connectivity index (χ2v) is 4.49. The minimum atomic E-state index is -0.475. The van der Waals surface area contributed by atoms with E-state index < -0.39 is 4.92 Å². The average molecular weight is 249 g/mol. The normalized spacial score (nSPS) is 16.7. The maximum atomic E-state index is 10.6. The summed E-state index contributed by atoms with van der Waals surface area (Å²) in [5, 5.41) is 22.8. The molecule has 1 aliphatic carbocycles. The lowest BCUT2D eigenvalue weighted by molar-refractivity contribution is -0.384. The number of nitro benzene ring substituents is 1. The molecule has 18 heavy (non-hydrogen) atoms. The Morgan fingerprint density at radius 3 is 2.94 bits per heavy atom. The van der Waals surface area contributed by atoms with Gasteiger partial charge in [-0.05, 0) is 18.9 Å². The number of hydrogen-bond acceptors (Lipinski definition) is 6. The van der Waals surface area contributed by atoms with Gasteiger partial charge < -0.3 is 14.8 Å². The molecule has 0 unspecified atom stereocenters. The average Bonchev–Trinajstić information content (AvgIpc) is 3.00. The molecule has 1 aromatic heterocycles. The van der Waals surface area contributed by atoms with Gasteiger partial charge in [0, 0.05) is 12.1 Å². The number of anilines is 1. The van der Waals surface area contributed by atoms with E-state index in [0.29, 0.717) is 11.1 Å². The van der Waals surface area contributed by atoms with E-state index in [1.807, 2.05) is 0 Å². The van der Waals surface area contributed by atoms with E-state index in [2.05, 4.69) is 10.3 Å². The number of non-ortho nitro benzene ring substituents is 1. The third-order valence-electron chi connectivity index (χ3n) is 3.11. The molecule has 1 aliphatic rings. The van der Waals surface area contributed by atoms with Crippen molar-refractivity contribution >= 4 is 22.8 Å². The van der Waals surface area contributed by atoms with Crippen LogP contribution in [-0.2, 0) is 0 Å². The number of nitrogens with zero attached hydrogens (tertiary/aromatic N) is 2. The molecule has 94 valence electrons. The molecule has 1 fully saturated rings. The van der Waals surface area contributed by atoms with E-state index in [4.69, 9.17) is 4.42 Å². The third kappa shape index (κ3) is 1.78. The zero-order valence-electron chi connectivity index (χ0n) is 9.42. The Kier molecular flexibility index (Phi) is 2.24. The van der Waals surface area contributed by atoms with Gasteiger partial charge in [-0.15, -0.1) is 0 Å². The molecule has 0 aliphatic heterocycles. The summed E-state index contributed by atoms with van der Waals surface area (Å²) in [6, 6.07) is 4.54. The van der Waals surface area contributed by atoms with Crippen molar-refractivity contribution in [1.82, 2.24) is 4.98 Å². The highest BCUT2D eigenvalue weighted by Crippen LogP contribution is 2.38. The maximum absolute atomic E-state index is 10.6. The van der Waals surface area contributed by atoms with Gasteiger partial charge in [0.1, 0.15) is 5.52 Å². The predicted molar refractivity (Wildman–Crippen MR) is 63.3 cm³/mol. The Morgan fingerprint density at radius 1 is 1.56 bits per heavy atom. The summed E-state index contributed by atoms with van der Waals surface area (Å²) < 4.78 is 5.42. The van der Waals surface area contributed by atoms with Crippen LogP contribution in [0.15, 0.2) is 22.6 Å². The molecule has 0 bridgehead atoms. The van der Waals surface area contributed by atoms with E-state index >= 15 is 0 Å². The summed E-state index contributed by atoms with van der Waals surface area (Å²) in [6.07, 6.45) is 1.73. The van der Waals surface area contributed by atoms with Crippen LogP contribution in [-0.4, -0.2) is 27.2 Å². The van der Waals surface area contributed by atoms with Gasteiger partial charge in [0.2, 0.25) is 0 Å². The van der Waals surface area contributed by atoms with Gasteiger partial charge in [-0.25, -0.2) is 0 Å². The van der Waals surface area contributed by atoms with Crippen molar-refractivity contribution in [3.8, 4) is 0 Å². The van der Waals surface area contributed by atoms with Crippen molar-refractivity contribution in [3.63, 3.8) is 0 Å². The molecule has 0 saturated heterocycles. The molecular formula is C11H11N3O4. The Morgan fingerprint density at radius 2 is 2.33 bits per heavy atom. The smallest absolute Gasteiger partial charge is 0.296 e. The highest BCUT2D eigenvalue weighted by Gasteiger charge is 2.43. The van der Waals surface area contributed by atoms with Gasteiger partial charge >= 0.3 is 0 Å². The first-order valence-electron chi connectivity index (χ1n) is 5.56. The first-order chi connectivity index (χ1) is 8.62. The Hall–Kier alpha value is -2.15. The van der Waals surface area contributed by atoms with Gasteiger partial charge in [-0.3, -0.25) is 10.1 Å². The van der Waals surface area contributed by atoms with Crippen molar-refractivity contribution < 1.29 is 14.4 Å². The maximum Gasteiger partial charge on any atom is 0.296 e. The number of oxazole rings is 1. The number of hydrogen-bond donors (Lipinski definition) is 2. The zero-order chi connectivity index (χ0) is 12.8. The van der Waals surface area contributed by atoms with Crippen molar-refractivity contribution in [1.29, 1.82) is 0 Å². The van der Waals surface area contributed by atoms with Gasteiger partial charge in [0.05, 0.1) is 17.1 Å². The van der Waals surface area contributed by atoms with Gasteiger partial charge in [-0.2, -0.15) is 4.98 Å². The summed E-state index contributed by atoms with van der Waals surface area (Å²) >= 11 is 0. The number of aliphatic hydroxyl groups is 1. The lowest BCUT2D eigenvalue weighted by Gasteiger charge is -2.10. The van der Waals surface area contributed by atoms with Crippen LogP contribution >= 0.6 is 0 Å². The number of fused-ring (bicyclic) bond motifs is 1. The standard InChI is InChI=1S/C11H11N3O4/c15-6-11(3-4-11)13-10-12-8-5-7(14(16)17)1-2-9(8)18-10/h1-2,5,15H,3-4,6H2,(H,12,13). The summed E-state index contributed by atoms with van der Waals surface area (Å²) in [4.78, 5) is 14.3. The van der Waals surface area contributed by atoms with E-state index in [9.17, 15) is 15.2 Å². The van der Waals surface area contributed by atoms with Crippen molar-refractivity contribution in [2.24, 2.45) is 0 Å². The second kappa shape index (κ2) is 3.67. The summed E-state index contributed by atoms with van der Waals surface area (Å²) in [5.74, 6) is 0. The largest absolute Gasteiger partial charge is 0.424 e. The van der Waals surface area contributed by atoms with Gasteiger partial charge in [0.15, 0.2) is 5.58 Å². The zero-order valence-corrected chi connectivity index (χ0v) is 9.42. The lowest BCUT2D eigenvalue weighted by atomic mass is 10.3. The fraction of sp³-hybridized carbons (Fsp3) is 0.364. The quantitative estimate of drug-likeness (QED) is 0.631. The third-order valence-corrected chi connectivity index (χ3v) is 3.11. The molecular weight excluding hydrogens is 238 g/mol. The van der Waals surface area contributed by atoms with Gasteiger partial charge in [-0.1, -0.05) is 0 Å². The topological polar surface area (TPSA) is 101 Å². The van der Waals surface area contributed by atoms with Crippen LogP contribution in [0.1, 0.15) is 12.8 Å². The van der Waals surface area contributed by atoms with Crippen molar-refractivity contribution in [2.45, 2.75) is 18.4 Å². The number of rotatable bonds is 4. The summed E-state index contributed by atoms with van der Waals surface area (Å²) in [6.45, 7) is 0.0197. The second-order valence-electron chi connectivity index (χ2n) is 4.49.